The van der Waals surface area contributed by atoms with Crippen LogP contribution in [0.3, 0.4) is 0 Å². The zero-order valence-electron chi connectivity index (χ0n) is 16.7. The van der Waals surface area contributed by atoms with E-state index in [1.165, 1.54) is 18.7 Å². The van der Waals surface area contributed by atoms with Crippen molar-refractivity contribution in [1.82, 2.24) is 0 Å². The first-order chi connectivity index (χ1) is 12.7. The maximum atomic E-state index is 12.6. The standard InChI is InChI=1S/C23H30O4/c1-16-7-6-8-17(2)13-19(15-23(3,4)12-11-16)27-22(25)18-9-10-21(26-5)20(24)14-18/h8-12,14,19,24H,1,6-7,13,15H2,2-5H3. The summed E-state index contributed by atoms with van der Waals surface area (Å²) in [6.07, 6.45) is 9.43. The van der Waals surface area contributed by atoms with Crippen LogP contribution < -0.4 is 4.74 Å². The van der Waals surface area contributed by atoms with Gasteiger partial charge in [-0.2, -0.15) is 0 Å². The molecule has 4 nitrogen and oxygen atoms in total. The van der Waals surface area contributed by atoms with Gasteiger partial charge in [0.25, 0.3) is 0 Å². The summed E-state index contributed by atoms with van der Waals surface area (Å²) in [5.41, 5.74) is 2.50. The summed E-state index contributed by atoms with van der Waals surface area (Å²) >= 11 is 0. The average molecular weight is 370 g/mol. The van der Waals surface area contributed by atoms with E-state index in [9.17, 15) is 9.90 Å². The summed E-state index contributed by atoms with van der Waals surface area (Å²) < 4.78 is 10.8. The molecular weight excluding hydrogens is 340 g/mol. The highest BCUT2D eigenvalue weighted by atomic mass is 16.5. The molecule has 1 atom stereocenters. The summed E-state index contributed by atoms with van der Waals surface area (Å²) in [6, 6.07) is 4.54. The molecule has 1 aliphatic rings. The molecule has 0 heterocycles. The zero-order valence-corrected chi connectivity index (χ0v) is 16.7. The Hall–Kier alpha value is -2.49. The largest absolute Gasteiger partial charge is 0.504 e. The Morgan fingerprint density at radius 2 is 2.07 bits per heavy atom. The second-order valence-corrected chi connectivity index (χ2v) is 7.89. The third-order valence-corrected chi connectivity index (χ3v) is 4.72. The lowest BCUT2D eigenvalue weighted by Crippen LogP contribution is -2.25. The number of carbonyl (C=O) groups excluding carboxylic acids is 1. The Morgan fingerprint density at radius 3 is 2.74 bits per heavy atom. The van der Waals surface area contributed by atoms with E-state index < -0.39 is 5.97 Å². The Bertz CT molecular complexity index is 756. The molecule has 1 aliphatic carbocycles. The van der Waals surface area contributed by atoms with Crippen molar-refractivity contribution in [3.8, 4) is 11.5 Å². The number of esters is 1. The van der Waals surface area contributed by atoms with Gasteiger partial charge < -0.3 is 14.6 Å². The van der Waals surface area contributed by atoms with Crippen molar-refractivity contribution < 1.29 is 19.4 Å². The Balaban J connectivity index is 2.20. The van der Waals surface area contributed by atoms with E-state index in [0.717, 1.165) is 18.4 Å². The molecule has 4 heteroatoms. The maximum Gasteiger partial charge on any atom is 0.338 e. The van der Waals surface area contributed by atoms with Crippen LogP contribution in [0.1, 0.15) is 56.8 Å². The van der Waals surface area contributed by atoms with Gasteiger partial charge in [0.05, 0.1) is 12.7 Å². The molecule has 0 aromatic heterocycles. The Kier molecular flexibility index (Phi) is 6.89. The van der Waals surface area contributed by atoms with Crippen LogP contribution in [0.2, 0.25) is 0 Å². The van der Waals surface area contributed by atoms with Crippen LogP contribution in [-0.2, 0) is 4.74 Å². The molecule has 1 unspecified atom stereocenters. The summed E-state index contributed by atoms with van der Waals surface area (Å²) in [4.78, 5) is 12.6. The third-order valence-electron chi connectivity index (χ3n) is 4.72. The Labute approximate surface area is 162 Å². The third kappa shape index (κ3) is 6.31. The summed E-state index contributed by atoms with van der Waals surface area (Å²) in [7, 11) is 1.47. The number of phenols is 1. The van der Waals surface area contributed by atoms with Gasteiger partial charge >= 0.3 is 5.97 Å². The second kappa shape index (κ2) is 8.94. The van der Waals surface area contributed by atoms with Crippen molar-refractivity contribution in [2.75, 3.05) is 7.11 Å². The number of hydrogen-bond donors (Lipinski definition) is 1. The number of hydrogen-bond acceptors (Lipinski definition) is 4. The van der Waals surface area contributed by atoms with Gasteiger partial charge in [-0.1, -0.05) is 49.8 Å². The highest BCUT2D eigenvalue weighted by molar-refractivity contribution is 5.90. The van der Waals surface area contributed by atoms with Gasteiger partial charge in [0.2, 0.25) is 0 Å². The van der Waals surface area contributed by atoms with Crippen LogP contribution in [0.4, 0.5) is 0 Å². The first-order valence-electron chi connectivity index (χ1n) is 9.31. The van der Waals surface area contributed by atoms with E-state index in [-0.39, 0.29) is 17.3 Å². The van der Waals surface area contributed by atoms with Gasteiger partial charge in [-0.15, -0.1) is 0 Å². The molecular formula is C23H30O4. The Morgan fingerprint density at radius 1 is 1.33 bits per heavy atom. The molecule has 1 N–H and O–H groups in total. The minimum atomic E-state index is -0.440. The van der Waals surface area contributed by atoms with Crippen molar-refractivity contribution in [1.29, 1.82) is 0 Å². The molecule has 0 bridgehead atoms. The van der Waals surface area contributed by atoms with Crippen LogP contribution in [0.15, 0.2) is 54.2 Å². The van der Waals surface area contributed by atoms with Crippen molar-refractivity contribution in [3.63, 3.8) is 0 Å². The number of phenolic OH excluding ortho intramolecular Hbond substituents is 1. The van der Waals surface area contributed by atoms with Gasteiger partial charge in [0, 0.05) is 6.42 Å². The minimum absolute atomic E-state index is 0.0766. The lowest BCUT2D eigenvalue weighted by atomic mass is 9.84. The van der Waals surface area contributed by atoms with Crippen molar-refractivity contribution in [3.05, 3.63) is 59.7 Å². The van der Waals surface area contributed by atoms with Crippen LogP contribution in [-0.4, -0.2) is 24.3 Å². The monoisotopic (exact) mass is 370 g/mol. The summed E-state index contributed by atoms with van der Waals surface area (Å²) in [5, 5.41) is 9.92. The number of aromatic hydroxyl groups is 1. The molecule has 0 fully saturated rings. The molecule has 0 aliphatic heterocycles. The molecule has 0 saturated heterocycles. The maximum absolute atomic E-state index is 12.6. The van der Waals surface area contributed by atoms with Crippen LogP contribution >= 0.6 is 0 Å². The molecule has 27 heavy (non-hydrogen) atoms. The molecule has 146 valence electrons. The fraction of sp³-hybridized carbons (Fsp3) is 0.435. The predicted octanol–water partition coefficient (Wildman–Crippen LogP) is 5.59. The summed E-state index contributed by atoms with van der Waals surface area (Å²) in [5.74, 6) is -0.191. The fourth-order valence-corrected chi connectivity index (χ4v) is 3.22. The topological polar surface area (TPSA) is 55.8 Å². The van der Waals surface area contributed by atoms with Crippen molar-refractivity contribution in [2.45, 2.75) is 52.6 Å². The van der Waals surface area contributed by atoms with Gasteiger partial charge in [0.1, 0.15) is 6.10 Å². The summed E-state index contributed by atoms with van der Waals surface area (Å²) in [6.45, 7) is 10.4. The second-order valence-electron chi connectivity index (χ2n) is 7.89. The lowest BCUT2D eigenvalue weighted by Gasteiger charge is -2.27. The number of methoxy groups -OCH3 is 1. The number of allylic oxidation sites excluding steroid dienone is 4. The molecule has 2 rings (SSSR count). The smallest absolute Gasteiger partial charge is 0.338 e. The number of ether oxygens (including phenoxy) is 2. The molecule has 1 aromatic carbocycles. The van der Waals surface area contributed by atoms with Crippen LogP contribution in [0.5, 0.6) is 11.5 Å². The number of rotatable bonds is 3. The van der Waals surface area contributed by atoms with Crippen molar-refractivity contribution in [2.24, 2.45) is 5.41 Å². The molecule has 0 amide bonds. The SMILES string of the molecule is C=C1C=CC(C)(C)CC(OC(=O)c2ccc(OC)c(O)c2)CC(C)=CCC1. The average Bonchev–Trinajstić information content (AvgIpc) is 2.60. The van der Waals surface area contributed by atoms with Gasteiger partial charge in [-0.25, -0.2) is 4.79 Å². The first-order valence-corrected chi connectivity index (χ1v) is 9.31. The van der Waals surface area contributed by atoms with E-state index in [1.54, 1.807) is 12.1 Å². The normalized spacial score (nSPS) is 20.4. The zero-order chi connectivity index (χ0) is 20.0. The molecule has 1 aromatic rings. The minimum Gasteiger partial charge on any atom is -0.504 e. The van der Waals surface area contributed by atoms with Crippen LogP contribution in [0.25, 0.3) is 0 Å². The van der Waals surface area contributed by atoms with Crippen LogP contribution in [0, 0.1) is 5.41 Å². The van der Waals surface area contributed by atoms with Gasteiger partial charge in [0.15, 0.2) is 11.5 Å². The predicted molar refractivity (Wildman–Crippen MR) is 108 cm³/mol. The van der Waals surface area contributed by atoms with Gasteiger partial charge in [-0.3, -0.25) is 0 Å². The van der Waals surface area contributed by atoms with E-state index >= 15 is 0 Å². The van der Waals surface area contributed by atoms with E-state index in [0.29, 0.717) is 24.2 Å². The van der Waals surface area contributed by atoms with Gasteiger partial charge in [-0.05, 0) is 49.8 Å². The molecule has 0 radical (unpaired) electrons. The first kappa shape index (κ1) is 20.8. The number of carbonyl (C=O) groups is 1. The quantitative estimate of drug-likeness (QED) is 0.557. The molecule has 0 saturated carbocycles. The van der Waals surface area contributed by atoms with Crippen molar-refractivity contribution >= 4 is 5.97 Å². The lowest BCUT2D eigenvalue weighted by molar-refractivity contribution is 0.0221. The highest BCUT2D eigenvalue weighted by Crippen LogP contribution is 2.31. The fourth-order valence-electron chi connectivity index (χ4n) is 3.22. The van der Waals surface area contributed by atoms with E-state index in [1.807, 2.05) is 0 Å². The molecule has 0 spiro atoms. The highest BCUT2D eigenvalue weighted by Gasteiger charge is 2.25. The number of benzene rings is 1. The van der Waals surface area contributed by atoms with E-state index in [2.05, 4.69) is 45.6 Å². The van der Waals surface area contributed by atoms with E-state index in [4.69, 9.17) is 9.47 Å².